The highest BCUT2D eigenvalue weighted by atomic mass is 16.5. The SMILES string of the molecule is CCCCC(C)Oc1ccc(-c2nc(-c3cccc4c3CCC[C@H]4NCC(=O)N3CCCC3)no2)cc1C#N. The highest BCUT2D eigenvalue weighted by molar-refractivity contribution is 5.78. The van der Waals surface area contributed by atoms with Crippen molar-refractivity contribution in [3.05, 3.63) is 53.1 Å². The number of carbonyl (C=O) groups is 1. The van der Waals surface area contributed by atoms with Crippen molar-refractivity contribution in [1.29, 1.82) is 5.26 Å². The molecule has 2 aromatic carbocycles. The van der Waals surface area contributed by atoms with Gasteiger partial charge in [-0.05, 0) is 74.8 Å². The first-order chi connectivity index (χ1) is 19.1. The van der Waals surface area contributed by atoms with Crippen LogP contribution < -0.4 is 10.1 Å². The molecular weight excluding hydrogens is 490 g/mol. The van der Waals surface area contributed by atoms with Crippen molar-refractivity contribution in [1.82, 2.24) is 20.4 Å². The van der Waals surface area contributed by atoms with Crippen LogP contribution in [0.4, 0.5) is 0 Å². The van der Waals surface area contributed by atoms with Gasteiger partial charge in [0.2, 0.25) is 11.7 Å². The molecule has 8 heteroatoms. The van der Waals surface area contributed by atoms with Gasteiger partial charge in [0.25, 0.3) is 5.89 Å². The zero-order valence-electron chi connectivity index (χ0n) is 22.9. The van der Waals surface area contributed by atoms with Gasteiger partial charge in [0.15, 0.2) is 0 Å². The molecule has 0 spiro atoms. The number of nitriles is 1. The molecule has 1 aliphatic heterocycles. The molecule has 1 fully saturated rings. The maximum atomic E-state index is 12.6. The second kappa shape index (κ2) is 12.4. The van der Waals surface area contributed by atoms with Gasteiger partial charge in [-0.1, -0.05) is 43.1 Å². The van der Waals surface area contributed by atoms with Crippen LogP contribution in [0.5, 0.6) is 5.75 Å². The van der Waals surface area contributed by atoms with E-state index < -0.39 is 0 Å². The summed E-state index contributed by atoms with van der Waals surface area (Å²) in [5.41, 5.74) is 4.48. The first kappa shape index (κ1) is 26.9. The van der Waals surface area contributed by atoms with Crippen molar-refractivity contribution in [2.24, 2.45) is 0 Å². The number of rotatable bonds is 10. The lowest BCUT2D eigenvalue weighted by atomic mass is 9.84. The second-order valence-corrected chi connectivity index (χ2v) is 10.6. The Kier molecular flexibility index (Phi) is 8.58. The molecule has 8 nitrogen and oxygen atoms in total. The number of nitrogens with one attached hydrogen (secondary N) is 1. The molecule has 1 aliphatic carbocycles. The summed E-state index contributed by atoms with van der Waals surface area (Å²) < 4.78 is 11.7. The number of hydrogen-bond acceptors (Lipinski definition) is 7. The van der Waals surface area contributed by atoms with E-state index in [-0.39, 0.29) is 18.1 Å². The monoisotopic (exact) mass is 527 g/mol. The Morgan fingerprint density at radius 1 is 1.26 bits per heavy atom. The van der Waals surface area contributed by atoms with Gasteiger partial charge in [0, 0.05) is 30.3 Å². The molecule has 39 heavy (non-hydrogen) atoms. The number of amides is 1. The molecule has 2 aliphatic rings. The number of likely N-dealkylation sites (tertiary alicyclic amines) is 1. The lowest BCUT2D eigenvalue weighted by Crippen LogP contribution is -2.38. The van der Waals surface area contributed by atoms with E-state index in [9.17, 15) is 10.1 Å². The summed E-state index contributed by atoms with van der Waals surface area (Å²) >= 11 is 0. The molecule has 1 unspecified atom stereocenters. The van der Waals surface area contributed by atoms with Crippen LogP contribution in [0.15, 0.2) is 40.9 Å². The molecule has 0 radical (unpaired) electrons. The molecule has 2 atom stereocenters. The van der Waals surface area contributed by atoms with Crippen LogP contribution in [0.25, 0.3) is 22.8 Å². The highest BCUT2D eigenvalue weighted by Gasteiger charge is 2.26. The maximum Gasteiger partial charge on any atom is 0.258 e. The number of carbonyl (C=O) groups excluding carboxylic acids is 1. The van der Waals surface area contributed by atoms with Gasteiger partial charge >= 0.3 is 0 Å². The number of hydrogen-bond donors (Lipinski definition) is 1. The van der Waals surface area contributed by atoms with Gasteiger partial charge in [-0.3, -0.25) is 4.79 Å². The molecule has 0 bridgehead atoms. The van der Waals surface area contributed by atoms with E-state index in [0.29, 0.717) is 35.1 Å². The maximum absolute atomic E-state index is 12.6. The summed E-state index contributed by atoms with van der Waals surface area (Å²) in [7, 11) is 0. The molecule has 2 heterocycles. The van der Waals surface area contributed by atoms with Crippen LogP contribution in [0.1, 0.15) is 81.5 Å². The van der Waals surface area contributed by atoms with Crippen molar-refractivity contribution in [2.45, 2.75) is 77.4 Å². The number of nitrogens with zero attached hydrogens (tertiary/aromatic N) is 4. The van der Waals surface area contributed by atoms with Crippen LogP contribution >= 0.6 is 0 Å². The van der Waals surface area contributed by atoms with Gasteiger partial charge in [-0.25, -0.2) is 0 Å². The minimum Gasteiger partial charge on any atom is -0.489 e. The van der Waals surface area contributed by atoms with Crippen molar-refractivity contribution >= 4 is 5.91 Å². The Balaban J connectivity index is 1.33. The Bertz CT molecular complexity index is 1340. The average Bonchev–Trinajstić information content (AvgIpc) is 3.68. The first-order valence-corrected chi connectivity index (χ1v) is 14.3. The fourth-order valence-electron chi connectivity index (χ4n) is 5.63. The Morgan fingerprint density at radius 3 is 2.90 bits per heavy atom. The van der Waals surface area contributed by atoms with Crippen LogP contribution in [-0.4, -0.2) is 46.7 Å². The standard InChI is InChI=1S/C31H37N5O3/c1-3-4-9-21(2)38-28-15-14-22(18-23(28)19-32)31-34-30(35-39-31)26-12-7-11-25-24(26)10-8-13-27(25)33-20-29(37)36-16-5-6-17-36/h7,11-12,14-15,18,21,27,33H,3-6,8-10,13,16-17,20H2,1-2H3/t21?,27-/m1/s1. The zero-order chi connectivity index (χ0) is 27.2. The Hall–Kier alpha value is -3.70. The van der Waals surface area contributed by atoms with Gasteiger partial charge in [-0.2, -0.15) is 10.2 Å². The Labute approximate surface area is 230 Å². The third kappa shape index (κ3) is 6.15. The molecule has 1 amide bonds. The summed E-state index contributed by atoms with van der Waals surface area (Å²) in [5, 5.41) is 17.5. The molecule has 1 aromatic heterocycles. The number of benzene rings is 2. The highest BCUT2D eigenvalue weighted by Crippen LogP contribution is 2.36. The molecule has 1 N–H and O–H groups in total. The van der Waals surface area contributed by atoms with E-state index in [0.717, 1.165) is 70.0 Å². The van der Waals surface area contributed by atoms with Crippen molar-refractivity contribution in [3.63, 3.8) is 0 Å². The fraction of sp³-hybridized carbons (Fsp3) is 0.484. The van der Waals surface area contributed by atoms with E-state index in [1.165, 1.54) is 11.1 Å². The van der Waals surface area contributed by atoms with Crippen LogP contribution in [-0.2, 0) is 11.2 Å². The largest absolute Gasteiger partial charge is 0.489 e. The molecule has 3 aromatic rings. The quantitative estimate of drug-likeness (QED) is 0.354. The lowest BCUT2D eigenvalue weighted by molar-refractivity contribution is -0.129. The van der Waals surface area contributed by atoms with Gasteiger partial charge in [0.1, 0.15) is 11.8 Å². The van der Waals surface area contributed by atoms with E-state index in [1.807, 2.05) is 36.1 Å². The molecule has 5 rings (SSSR count). The summed E-state index contributed by atoms with van der Waals surface area (Å²) in [6.07, 6.45) is 8.32. The summed E-state index contributed by atoms with van der Waals surface area (Å²) in [5.74, 6) is 1.65. The van der Waals surface area contributed by atoms with E-state index in [2.05, 4.69) is 29.5 Å². The summed E-state index contributed by atoms with van der Waals surface area (Å²) in [6.45, 7) is 6.28. The molecule has 0 saturated carbocycles. The molecular formula is C31H37N5O3. The number of aromatic nitrogens is 2. The minimum absolute atomic E-state index is 0.0406. The summed E-state index contributed by atoms with van der Waals surface area (Å²) in [4.78, 5) is 19.3. The number of unbranched alkanes of at least 4 members (excludes halogenated alkanes) is 1. The van der Waals surface area contributed by atoms with Gasteiger partial charge < -0.3 is 19.5 Å². The first-order valence-electron chi connectivity index (χ1n) is 14.3. The van der Waals surface area contributed by atoms with Crippen LogP contribution in [0.2, 0.25) is 0 Å². The third-order valence-corrected chi connectivity index (χ3v) is 7.77. The van der Waals surface area contributed by atoms with Crippen LogP contribution in [0, 0.1) is 11.3 Å². The number of fused-ring (bicyclic) bond motifs is 1. The smallest absolute Gasteiger partial charge is 0.258 e. The normalized spacial score (nSPS) is 17.5. The predicted octanol–water partition coefficient (Wildman–Crippen LogP) is 5.82. The van der Waals surface area contributed by atoms with Crippen molar-refractivity contribution < 1.29 is 14.1 Å². The van der Waals surface area contributed by atoms with Gasteiger partial charge in [0.05, 0.1) is 18.2 Å². The van der Waals surface area contributed by atoms with Crippen LogP contribution in [0.3, 0.4) is 0 Å². The zero-order valence-corrected chi connectivity index (χ0v) is 22.9. The Morgan fingerprint density at radius 2 is 2.10 bits per heavy atom. The lowest BCUT2D eigenvalue weighted by Gasteiger charge is -2.28. The molecule has 204 valence electrons. The van der Waals surface area contributed by atoms with Crippen molar-refractivity contribution in [3.8, 4) is 34.7 Å². The molecule has 1 saturated heterocycles. The van der Waals surface area contributed by atoms with E-state index in [1.54, 1.807) is 6.07 Å². The second-order valence-electron chi connectivity index (χ2n) is 10.6. The van der Waals surface area contributed by atoms with E-state index in [4.69, 9.17) is 14.2 Å². The van der Waals surface area contributed by atoms with Crippen molar-refractivity contribution in [2.75, 3.05) is 19.6 Å². The fourth-order valence-corrected chi connectivity index (χ4v) is 5.63. The summed E-state index contributed by atoms with van der Waals surface area (Å²) in [6, 6.07) is 14.0. The minimum atomic E-state index is 0.0406. The third-order valence-electron chi connectivity index (χ3n) is 7.77. The predicted molar refractivity (Wildman–Crippen MR) is 149 cm³/mol. The average molecular weight is 528 g/mol. The number of ether oxygens (including phenoxy) is 1. The topological polar surface area (TPSA) is 104 Å². The van der Waals surface area contributed by atoms with Gasteiger partial charge in [-0.15, -0.1) is 0 Å². The van der Waals surface area contributed by atoms with E-state index >= 15 is 0 Å².